The summed E-state index contributed by atoms with van der Waals surface area (Å²) in [5.74, 6) is 3.44. The summed E-state index contributed by atoms with van der Waals surface area (Å²) in [5, 5.41) is 0. The molecule has 2 aliphatic rings. The van der Waals surface area contributed by atoms with Gasteiger partial charge in [-0.1, -0.05) is 18.2 Å². The van der Waals surface area contributed by atoms with Crippen LogP contribution >= 0.6 is 0 Å². The minimum Gasteiger partial charge on any atom is -0.493 e. The monoisotopic (exact) mass is 216 g/mol. The number of hydrogen-bond acceptors (Lipinski definition) is 2. The lowest BCUT2D eigenvalue weighted by Gasteiger charge is -2.13. The van der Waals surface area contributed by atoms with Gasteiger partial charge in [0.25, 0.3) is 0 Å². The molecule has 2 atom stereocenters. The molecule has 1 aromatic carbocycles. The fourth-order valence-corrected chi connectivity index (χ4v) is 2.66. The van der Waals surface area contributed by atoms with Crippen molar-refractivity contribution >= 4 is 5.57 Å². The van der Waals surface area contributed by atoms with Crippen LogP contribution in [0.3, 0.4) is 0 Å². The first-order valence-electron chi connectivity index (χ1n) is 5.75. The van der Waals surface area contributed by atoms with Gasteiger partial charge in [0, 0.05) is 5.56 Å². The van der Waals surface area contributed by atoms with Crippen molar-refractivity contribution < 1.29 is 9.47 Å². The first-order valence-corrected chi connectivity index (χ1v) is 5.75. The third-order valence-corrected chi connectivity index (χ3v) is 3.62. The predicted octanol–water partition coefficient (Wildman–Crippen LogP) is 3.13. The van der Waals surface area contributed by atoms with Crippen LogP contribution in [0.5, 0.6) is 11.5 Å². The summed E-state index contributed by atoms with van der Waals surface area (Å²) < 4.78 is 10.8. The van der Waals surface area contributed by atoms with Crippen molar-refractivity contribution in [2.75, 3.05) is 14.2 Å². The number of methoxy groups -OCH3 is 2. The summed E-state index contributed by atoms with van der Waals surface area (Å²) in [6.07, 6.45) is 4.99. The Balaban J connectivity index is 2.02. The van der Waals surface area contributed by atoms with Gasteiger partial charge >= 0.3 is 0 Å². The average Bonchev–Trinajstić information content (AvgIpc) is 2.95. The Hall–Kier alpha value is -1.44. The predicted molar refractivity (Wildman–Crippen MR) is 63.7 cm³/mol. The molecule has 0 amide bonds. The van der Waals surface area contributed by atoms with Crippen LogP contribution < -0.4 is 9.47 Å². The van der Waals surface area contributed by atoms with E-state index in [0.717, 1.165) is 23.3 Å². The van der Waals surface area contributed by atoms with Gasteiger partial charge < -0.3 is 9.47 Å². The molecule has 0 bridgehead atoms. The van der Waals surface area contributed by atoms with Crippen molar-refractivity contribution in [3.63, 3.8) is 0 Å². The summed E-state index contributed by atoms with van der Waals surface area (Å²) in [6.45, 7) is 0. The zero-order valence-corrected chi connectivity index (χ0v) is 9.69. The zero-order valence-electron chi connectivity index (χ0n) is 9.69. The quantitative estimate of drug-likeness (QED) is 0.772. The van der Waals surface area contributed by atoms with E-state index in [1.807, 2.05) is 12.1 Å². The average molecular weight is 216 g/mol. The van der Waals surface area contributed by atoms with Crippen LogP contribution in [0.2, 0.25) is 0 Å². The minimum atomic E-state index is 0.821. The molecule has 2 aliphatic carbocycles. The Kier molecular flexibility index (Phi) is 2.16. The molecule has 1 saturated carbocycles. The molecular weight excluding hydrogens is 200 g/mol. The van der Waals surface area contributed by atoms with Crippen molar-refractivity contribution in [2.24, 2.45) is 11.8 Å². The molecule has 0 aliphatic heterocycles. The number of allylic oxidation sites excluding steroid dienone is 2. The highest BCUT2D eigenvalue weighted by molar-refractivity contribution is 5.76. The first-order chi connectivity index (χ1) is 7.83. The van der Waals surface area contributed by atoms with Gasteiger partial charge in [-0.15, -0.1) is 0 Å². The Bertz CT molecular complexity index is 448. The van der Waals surface area contributed by atoms with E-state index >= 15 is 0 Å². The topological polar surface area (TPSA) is 18.5 Å². The van der Waals surface area contributed by atoms with E-state index in [0.29, 0.717) is 0 Å². The van der Waals surface area contributed by atoms with Gasteiger partial charge in [0.15, 0.2) is 11.5 Å². The van der Waals surface area contributed by atoms with E-state index in [4.69, 9.17) is 9.47 Å². The smallest absolute Gasteiger partial charge is 0.168 e. The highest BCUT2D eigenvalue weighted by Gasteiger charge is 2.41. The second-order valence-electron chi connectivity index (χ2n) is 4.60. The van der Waals surface area contributed by atoms with Crippen molar-refractivity contribution in [1.29, 1.82) is 0 Å². The van der Waals surface area contributed by atoms with E-state index in [1.54, 1.807) is 14.2 Å². The van der Waals surface area contributed by atoms with Crippen LogP contribution in [0.1, 0.15) is 18.4 Å². The zero-order chi connectivity index (χ0) is 11.1. The number of benzene rings is 1. The Morgan fingerprint density at radius 3 is 2.69 bits per heavy atom. The lowest BCUT2D eigenvalue weighted by molar-refractivity contribution is 0.354. The van der Waals surface area contributed by atoms with Gasteiger partial charge in [0.1, 0.15) is 0 Å². The normalized spacial score (nSPS) is 26.0. The summed E-state index contributed by atoms with van der Waals surface area (Å²) in [5.41, 5.74) is 2.63. The molecule has 0 unspecified atom stereocenters. The van der Waals surface area contributed by atoms with E-state index in [1.165, 1.54) is 24.0 Å². The van der Waals surface area contributed by atoms with Crippen LogP contribution in [0, 0.1) is 11.8 Å². The molecule has 0 spiro atoms. The molecular formula is C14H16O2. The van der Waals surface area contributed by atoms with Gasteiger partial charge in [-0.2, -0.15) is 0 Å². The summed E-state index contributed by atoms with van der Waals surface area (Å²) in [4.78, 5) is 0. The molecule has 1 fully saturated rings. The number of para-hydroxylation sites is 1. The van der Waals surface area contributed by atoms with Crippen molar-refractivity contribution in [3.05, 3.63) is 29.8 Å². The summed E-state index contributed by atoms with van der Waals surface area (Å²) in [7, 11) is 3.39. The Morgan fingerprint density at radius 2 is 2.06 bits per heavy atom. The van der Waals surface area contributed by atoms with Gasteiger partial charge in [0.05, 0.1) is 14.2 Å². The third kappa shape index (κ3) is 1.41. The highest BCUT2D eigenvalue weighted by atomic mass is 16.5. The standard InChI is InChI=1S/C14H16O2/c1-15-13-5-3-4-12(14(13)16-2)11-7-9-6-10(9)8-11/h3-5,7,9-10H,6,8H2,1-2H3/t9-,10+/m1/s1. The second-order valence-corrected chi connectivity index (χ2v) is 4.60. The lowest BCUT2D eigenvalue weighted by atomic mass is 10.0. The SMILES string of the molecule is COc1cccc(C2=C[C@H]3C[C@H]3C2)c1OC. The van der Waals surface area contributed by atoms with Gasteiger partial charge in [0.2, 0.25) is 0 Å². The highest BCUT2D eigenvalue weighted by Crippen LogP contribution is 2.54. The maximum absolute atomic E-state index is 5.46. The Morgan fingerprint density at radius 1 is 1.19 bits per heavy atom. The molecule has 0 radical (unpaired) electrons. The molecule has 84 valence electrons. The van der Waals surface area contributed by atoms with Crippen molar-refractivity contribution in [2.45, 2.75) is 12.8 Å². The molecule has 2 nitrogen and oxygen atoms in total. The summed E-state index contributed by atoms with van der Waals surface area (Å²) >= 11 is 0. The molecule has 1 aromatic rings. The number of fused-ring (bicyclic) bond motifs is 1. The first kappa shape index (κ1) is 9.76. The van der Waals surface area contributed by atoms with E-state index < -0.39 is 0 Å². The van der Waals surface area contributed by atoms with Crippen LogP contribution in [-0.2, 0) is 0 Å². The number of hydrogen-bond donors (Lipinski definition) is 0. The lowest BCUT2D eigenvalue weighted by Crippen LogP contribution is -1.95. The fourth-order valence-electron chi connectivity index (χ4n) is 2.66. The largest absolute Gasteiger partial charge is 0.493 e. The molecule has 0 N–H and O–H groups in total. The Labute approximate surface area is 95.9 Å². The molecule has 0 saturated heterocycles. The van der Waals surface area contributed by atoms with Crippen LogP contribution in [0.25, 0.3) is 5.57 Å². The van der Waals surface area contributed by atoms with Gasteiger partial charge in [-0.05, 0) is 36.3 Å². The maximum atomic E-state index is 5.46. The van der Waals surface area contributed by atoms with Gasteiger partial charge in [-0.25, -0.2) is 0 Å². The van der Waals surface area contributed by atoms with Crippen LogP contribution in [0.15, 0.2) is 24.3 Å². The van der Waals surface area contributed by atoms with Crippen molar-refractivity contribution in [1.82, 2.24) is 0 Å². The minimum absolute atomic E-state index is 0.821. The second kappa shape index (κ2) is 3.55. The molecule has 16 heavy (non-hydrogen) atoms. The van der Waals surface area contributed by atoms with Gasteiger partial charge in [-0.3, -0.25) is 0 Å². The maximum Gasteiger partial charge on any atom is 0.168 e. The third-order valence-electron chi connectivity index (χ3n) is 3.62. The molecule has 2 heteroatoms. The van der Waals surface area contributed by atoms with Crippen molar-refractivity contribution in [3.8, 4) is 11.5 Å². The van der Waals surface area contributed by atoms with E-state index in [-0.39, 0.29) is 0 Å². The number of ether oxygens (including phenoxy) is 2. The van der Waals surface area contributed by atoms with E-state index in [2.05, 4.69) is 12.1 Å². The van der Waals surface area contributed by atoms with E-state index in [9.17, 15) is 0 Å². The molecule has 0 heterocycles. The summed E-state index contributed by atoms with van der Waals surface area (Å²) in [6, 6.07) is 6.10. The fraction of sp³-hybridized carbons (Fsp3) is 0.429. The number of rotatable bonds is 3. The molecule has 0 aromatic heterocycles. The molecule has 3 rings (SSSR count). The van der Waals surface area contributed by atoms with Crippen LogP contribution in [-0.4, -0.2) is 14.2 Å². The van der Waals surface area contributed by atoms with Crippen LogP contribution in [0.4, 0.5) is 0 Å².